The van der Waals surface area contributed by atoms with Crippen molar-refractivity contribution in [2.24, 2.45) is 11.8 Å². The molecule has 2 atom stereocenters. The first-order valence-electron chi connectivity index (χ1n) is 12.0. The molecule has 34 heavy (non-hydrogen) atoms. The number of aromatic nitrogens is 1. The van der Waals surface area contributed by atoms with Gasteiger partial charge >= 0.3 is 0 Å². The average Bonchev–Trinajstić information content (AvgIpc) is 3.31. The van der Waals surface area contributed by atoms with Crippen LogP contribution in [0, 0.1) is 17.2 Å². The maximum atomic E-state index is 13.5. The predicted molar refractivity (Wildman–Crippen MR) is 147 cm³/mol. The van der Waals surface area contributed by atoms with E-state index in [2.05, 4.69) is 53.5 Å². The number of aromatic hydroxyl groups is 1. The minimum atomic E-state index is -0.286. The van der Waals surface area contributed by atoms with Gasteiger partial charge in [0, 0.05) is 47.2 Å². The Morgan fingerprint density at radius 1 is 1.18 bits per heavy atom. The van der Waals surface area contributed by atoms with Crippen molar-refractivity contribution in [3.8, 4) is 5.75 Å². The molecule has 0 unspecified atom stereocenters. The number of amidine groups is 1. The quantitative estimate of drug-likeness (QED) is 0.373. The highest BCUT2D eigenvalue weighted by molar-refractivity contribution is 8.93. The van der Waals surface area contributed by atoms with Crippen LogP contribution in [0.4, 0.5) is 0 Å². The van der Waals surface area contributed by atoms with Crippen LogP contribution in [0.1, 0.15) is 87.8 Å². The maximum Gasteiger partial charge on any atom is 0.182 e. The number of phenols is 1. The maximum absolute atomic E-state index is 13.5. The van der Waals surface area contributed by atoms with Crippen molar-refractivity contribution in [2.45, 2.75) is 78.6 Å². The fraction of sp³-hybridized carbons (Fsp3) is 0.593. The lowest BCUT2D eigenvalue weighted by Gasteiger charge is -2.28. The van der Waals surface area contributed by atoms with Crippen LogP contribution in [0.5, 0.6) is 5.75 Å². The minimum absolute atomic E-state index is 0. The van der Waals surface area contributed by atoms with Crippen molar-refractivity contribution in [1.29, 1.82) is 5.41 Å². The fourth-order valence-corrected chi connectivity index (χ4v) is 5.46. The second kappa shape index (κ2) is 10.9. The molecule has 188 valence electrons. The highest BCUT2D eigenvalue weighted by Gasteiger charge is 2.38. The molecule has 0 amide bonds. The van der Waals surface area contributed by atoms with Crippen molar-refractivity contribution in [3.63, 3.8) is 0 Å². The van der Waals surface area contributed by atoms with E-state index in [1.165, 1.54) is 0 Å². The van der Waals surface area contributed by atoms with E-state index >= 15 is 0 Å². The Hall–Kier alpha value is -1.73. The zero-order valence-corrected chi connectivity index (χ0v) is 24.1. The standard InChI is InChI=1S/C27H39N3O2S.BrH/c1-8-9-17-15-30(25(28)19(17)14-23-29-10-11-33-23)16-22(31)18-12-20(26(2,3)4)24(32)21(13-18)27(5,6)7;/h10-13,17,19,28,32H,8-9,14-16H2,1-7H3;1H/t17-,19-;/m1./s1. The van der Waals surface area contributed by atoms with E-state index in [4.69, 9.17) is 5.41 Å². The van der Waals surface area contributed by atoms with Gasteiger partial charge in [-0.25, -0.2) is 4.98 Å². The second-order valence-electron chi connectivity index (χ2n) is 11.4. The Morgan fingerprint density at radius 3 is 2.24 bits per heavy atom. The minimum Gasteiger partial charge on any atom is -0.507 e. The van der Waals surface area contributed by atoms with Crippen molar-refractivity contribution >= 4 is 39.9 Å². The summed E-state index contributed by atoms with van der Waals surface area (Å²) in [5.41, 5.74) is 1.63. The molecule has 7 heteroatoms. The molecular weight excluding hydrogens is 510 g/mol. The van der Waals surface area contributed by atoms with Crippen LogP contribution in [0.3, 0.4) is 0 Å². The SMILES string of the molecule is Br.CCC[C@@H]1CN(CC(=O)c2cc(C(C)(C)C)c(O)c(C(C)(C)C)c2)C(=N)[C@@H]1Cc1nccs1. The van der Waals surface area contributed by atoms with E-state index in [1.807, 2.05) is 28.6 Å². The summed E-state index contributed by atoms with van der Waals surface area (Å²) in [5, 5.41) is 22.9. The Balaban J connectivity index is 0.00000408. The number of likely N-dealkylation sites (tertiary alicyclic amines) is 1. The predicted octanol–water partition coefficient (Wildman–Crippen LogP) is 6.77. The van der Waals surface area contributed by atoms with Crippen molar-refractivity contribution in [1.82, 2.24) is 9.88 Å². The summed E-state index contributed by atoms with van der Waals surface area (Å²) in [6, 6.07) is 3.70. The first-order valence-corrected chi connectivity index (χ1v) is 12.8. The number of nitrogens with one attached hydrogen (secondary N) is 1. The monoisotopic (exact) mass is 549 g/mol. The number of thiazole rings is 1. The zero-order chi connectivity index (χ0) is 24.6. The molecule has 0 aliphatic carbocycles. The fourth-order valence-electron chi connectivity index (χ4n) is 4.79. The molecule has 2 N–H and O–H groups in total. The smallest absolute Gasteiger partial charge is 0.182 e. The second-order valence-corrected chi connectivity index (χ2v) is 12.4. The van der Waals surface area contributed by atoms with Gasteiger partial charge in [-0.3, -0.25) is 10.2 Å². The van der Waals surface area contributed by atoms with E-state index in [-0.39, 0.29) is 51.8 Å². The number of benzene rings is 1. The number of Topliss-reactive ketones (excluding diaryl/α,β-unsaturated/α-hetero) is 1. The normalized spacial score (nSPS) is 18.8. The van der Waals surface area contributed by atoms with E-state index in [0.29, 0.717) is 17.3 Å². The van der Waals surface area contributed by atoms with Crippen LogP contribution >= 0.6 is 28.3 Å². The number of hydrogen-bond donors (Lipinski definition) is 2. The van der Waals surface area contributed by atoms with Gasteiger partial charge in [-0.05, 0) is 35.3 Å². The molecule has 5 nitrogen and oxygen atoms in total. The number of halogens is 1. The molecule has 2 heterocycles. The summed E-state index contributed by atoms with van der Waals surface area (Å²) in [7, 11) is 0. The van der Waals surface area contributed by atoms with Gasteiger partial charge in [-0.15, -0.1) is 28.3 Å². The Morgan fingerprint density at radius 2 is 1.76 bits per heavy atom. The molecule has 0 bridgehead atoms. The highest BCUT2D eigenvalue weighted by Crippen LogP contribution is 2.40. The van der Waals surface area contributed by atoms with Gasteiger partial charge in [0.15, 0.2) is 5.78 Å². The van der Waals surface area contributed by atoms with Crippen LogP contribution in [-0.2, 0) is 17.3 Å². The van der Waals surface area contributed by atoms with Gasteiger partial charge in [0.2, 0.25) is 0 Å². The molecule has 0 radical (unpaired) electrons. The van der Waals surface area contributed by atoms with Gasteiger partial charge in [0.25, 0.3) is 0 Å². The van der Waals surface area contributed by atoms with E-state index in [0.717, 1.165) is 41.9 Å². The molecule has 1 fully saturated rings. The molecule has 0 spiro atoms. The summed E-state index contributed by atoms with van der Waals surface area (Å²) in [5.74, 6) is 1.32. The number of carbonyl (C=O) groups excluding carboxylic acids is 1. The topological polar surface area (TPSA) is 77.3 Å². The lowest BCUT2D eigenvalue weighted by molar-refractivity contribution is 0.0963. The number of carbonyl (C=O) groups is 1. The van der Waals surface area contributed by atoms with E-state index in [1.54, 1.807) is 11.3 Å². The van der Waals surface area contributed by atoms with Gasteiger partial charge < -0.3 is 10.0 Å². The summed E-state index contributed by atoms with van der Waals surface area (Å²) in [6.07, 6.45) is 4.70. The number of rotatable bonds is 7. The third-order valence-electron chi connectivity index (χ3n) is 6.64. The molecule has 1 aliphatic heterocycles. The zero-order valence-electron chi connectivity index (χ0n) is 21.6. The van der Waals surface area contributed by atoms with Crippen LogP contribution in [-0.4, -0.2) is 39.7 Å². The van der Waals surface area contributed by atoms with Crippen LogP contribution in [0.25, 0.3) is 0 Å². The molecular formula is C27H40BrN3O2S. The van der Waals surface area contributed by atoms with Crippen molar-refractivity contribution < 1.29 is 9.90 Å². The number of hydrogen-bond acceptors (Lipinski definition) is 5. The van der Waals surface area contributed by atoms with E-state index in [9.17, 15) is 9.90 Å². The van der Waals surface area contributed by atoms with E-state index < -0.39 is 0 Å². The van der Waals surface area contributed by atoms with Gasteiger partial charge in [-0.1, -0.05) is 54.9 Å². The molecule has 1 aliphatic rings. The largest absolute Gasteiger partial charge is 0.507 e. The van der Waals surface area contributed by atoms with Gasteiger partial charge in [0.1, 0.15) is 11.6 Å². The van der Waals surface area contributed by atoms with Crippen LogP contribution < -0.4 is 0 Å². The third-order valence-corrected chi connectivity index (χ3v) is 7.44. The average molecular weight is 551 g/mol. The molecule has 1 saturated heterocycles. The summed E-state index contributed by atoms with van der Waals surface area (Å²) >= 11 is 1.64. The Kier molecular flexibility index (Phi) is 9.14. The molecule has 1 aromatic carbocycles. The summed E-state index contributed by atoms with van der Waals surface area (Å²) in [6.45, 7) is 15.4. The summed E-state index contributed by atoms with van der Waals surface area (Å²) < 4.78 is 0. The van der Waals surface area contributed by atoms with Crippen molar-refractivity contribution in [2.75, 3.05) is 13.1 Å². The molecule has 3 rings (SSSR count). The number of phenolic OH excluding ortho intramolecular Hbond substituents is 1. The Labute approximate surface area is 219 Å². The molecule has 1 aromatic heterocycles. The summed E-state index contributed by atoms with van der Waals surface area (Å²) in [4.78, 5) is 19.9. The first-order chi connectivity index (χ1) is 15.3. The highest BCUT2D eigenvalue weighted by atomic mass is 79.9. The molecule has 2 aromatic rings. The number of nitrogens with zero attached hydrogens (tertiary/aromatic N) is 2. The van der Waals surface area contributed by atoms with Crippen LogP contribution in [0.15, 0.2) is 23.7 Å². The van der Waals surface area contributed by atoms with Gasteiger partial charge in [-0.2, -0.15) is 0 Å². The van der Waals surface area contributed by atoms with Crippen LogP contribution in [0.2, 0.25) is 0 Å². The third kappa shape index (κ3) is 6.28. The van der Waals surface area contributed by atoms with Gasteiger partial charge in [0.05, 0.1) is 11.6 Å². The number of ketones is 1. The Bertz CT molecular complexity index is 971. The first kappa shape index (κ1) is 28.5. The molecule has 0 saturated carbocycles. The lowest BCUT2D eigenvalue weighted by atomic mass is 9.78. The van der Waals surface area contributed by atoms with Crippen molar-refractivity contribution in [3.05, 3.63) is 45.4 Å². The lowest BCUT2D eigenvalue weighted by Crippen LogP contribution is -2.33.